The molecule has 6 heteroatoms. The van der Waals surface area contributed by atoms with Gasteiger partial charge >= 0.3 is 0 Å². The zero-order valence-corrected chi connectivity index (χ0v) is 14.2. The molecule has 22 heavy (non-hydrogen) atoms. The fraction of sp³-hybridized carbons (Fsp3) is 0.562. The van der Waals surface area contributed by atoms with E-state index in [1.54, 1.807) is 12.1 Å². The summed E-state index contributed by atoms with van der Waals surface area (Å²) in [5.74, 6) is 0.386. The van der Waals surface area contributed by atoms with Gasteiger partial charge in [0.05, 0.1) is 11.4 Å². The standard InChI is InChI=1S/C16H24N2O3S/c1-12(2)11-17-16(19)14-7-6-13(3)15(10-14)18-8-4-5-9-22(18,20)21/h6-7,10,12H,4-5,8-9,11H2,1-3H3,(H,17,19). The lowest BCUT2D eigenvalue weighted by atomic mass is 10.1. The number of hydrogen-bond acceptors (Lipinski definition) is 3. The Kier molecular flexibility index (Phi) is 5.11. The quantitative estimate of drug-likeness (QED) is 0.924. The van der Waals surface area contributed by atoms with Crippen LogP contribution >= 0.6 is 0 Å². The van der Waals surface area contributed by atoms with Gasteiger partial charge < -0.3 is 5.32 Å². The number of nitrogens with one attached hydrogen (secondary N) is 1. The van der Waals surface area contributed by atoms with Crippen molar-refractivity contribution < 1.29 is 13.2 Å². The van der Waals surface area contributed by atoms with Gasteiger partial charge in [0.1, 0.15) is 0 Å². The van der Waals surface area contributed by atoms with E-state index in [0.29, 0.717) is 36.7 Å². The van der Waals surface area contributed by atoms with Gasteiger partial charge in [-0.3, -0.25) is 9.10 Å². The van der Waals surface area contributed by atoms with Crippen molar-refractivity contribution in [3.63, 3.8) is 0 Å². The molecule has 0 atom stereocenters. The fourth-order valence-electron chi connectivity index (χ4n) is 2.48. The van der Waals surface area contributed by atoms with E-state index >= 15 is 0 Å². The molecule has 0 saturated carbocycles. The summed E-state index contributed by atoms with van der Waals surface area (Å²) in [5, 5.41) is 2.86. The Balaban J connectivity index is 2.29. The molecule has 1 amide bonds. The fourth-order valence-corrected chi connectivity index (χ4v) is 4.17. The maximum atomic E-state index is 12.3. The maximum Gasteiger partial charge on any atom is 0.251 e. The van der Waals surface area contributed by atoms with Crippen molar-refractivity contribution >= 4 is 21.6 Å². The molecule has 1 aromatic carbocycles. The zero-order valence-electron chi connectivity index (χ0n) is 13.4. The molecule has 0 radical (unpaired) electrons. The second-order valence-corrected chi connectivity index (χ2v) is 8.21. The number of benzene rings is 1. The summed E-state index contributed by atoms with van der Waals surface area (Å²) >= 11 is 0. The molecule has 1 fully saturated rings. The van der Waals surface area contributed by atoms with Crippen LogP contribution in [0.1, 0.15) is 42.6 Å². The van der Waals surface area contributed by atoms with Crippen molar-refractivity contribution in [1.82, 2.24) is 5.32 Å². The topological polar surface area (TPSA) is 66.5 Å². The van der Waals surface area contributed by atoms with E-state index in [4.69, 9.17) is 0 Å². The Morgan fingerprint density at radius 1 is 1.32 bits per heavy atom. The van der Waals surface area contributed by atoms with E-state index in [1.807, 2.05) is 26.8 Å². The van der Waals surface area contributed by atoms with Gasteiger partial charge in [0.15, 0.2) is 0 Å². The van der Waals surface area contributed by atoms with Crippen molar-refractivity contribution in [2.45, 2.75) is 33.6 Å². The van der Waals surface area contributed by atoms with Gasteiger partial charge in [-0.15, -0.1) is 0 Å². The van der Waals surface area contributed by atoms with Crippen LogP contribution in [0, 0.1) is 12.8 Å². The summed E-state index contributed by atoms with van der Waals surface area (Å²) in [6, 6.07) is 5.24. The van der Waals surface area contributed by atoms with Crippen molar-refractivity contribution in [2.75, 3.05) is 23.1 Å². The molecule has 5 nitrogen and oxygen atoms in total. The highest BCUT2D eigenvalue weighted by molar-refractivity contribution is 7.92. The number of sulfonamides is 1. The Morgan fingerprint density at radius 2 is 2.05 bits per heavy atom. The molecular formula is C16H24N2O3S. The van der Waals surface area contributed by atoms with Gasteiger partial charge in [-0.05, 0) is 43.4 Å². The minimum absolute atomic E-state index is 0.163. The Morgan fingerprint density at radius 3 is 2.68 bits per heavy atom. The minimum Gasteiger partial charge on any atom is -0.352 e. The number of rotatable bonds is 4. The molecule has 1 heterocycles. The predicted octanol–water partition coefficient (Wildman–Crippen LogP) is 2.31. The lowest BCUT2D eigenvalue weighted by Gasteiger charge is -2.29. The monoisotopic (exact) mass is 324 g/mol. The van der Waals surface area contributed by atoms with Crippen LogP contribution in [-0.2, 0) is 10.0 Å². The van der Waals surface area contributed by atoms with E-state index in [0.717, 1.165) is 12.0 Å². The van der Waals surface area contributed by atoms with E-state index < -0.39 is 10.0 Å². The molecule has 1 aliphatic rings. The lowest BCUT2D eigenvalue weighted by molar-refractivity contribution is 0.0949. The molecule has 0 unspecified atom stereocenters. The second kappa shape index (κ2) is 6.69. The molecule has 1 saturated heterocycles. The molecule has 2 rings (SSSR count). The minimum atomic E-state index is -3.27. The summed E-state index contributed by atoms with van der Waals surface area (Å²) in [4.78, 5) is 12.2. The Bertz CT molecular complexity index is 653. The van der Waals surface area contributed by atoms with Crippen LogP contribution in [0.4, 0.5) is 5.69 Å². The number of carbonyl (C=O) groups is 1. The van der Waals surface area contributed by atoms with Gasteiger partial charge in [-0.1, -0.05) is 19.9 Å². The number of nitrogens with zero attached hydrogens (tertiary/aromatic N) is 1. The first kappa shape index (κ1) is 16.8. The highest BCUT2D eigenvalue weighted by atomic mass is 32.2. The summed E-state index contributed by atoms with van der Waals surface area (Å²) in [6.45, 7) is 7.02. The lowest BCUT2D eigenvalue weighted by Crippen LogP contribution is -2.38. The van der Waals surface area contributed by atoms with Crippen LogP contribution in [0.15, 0.2) is 18.2 Å². The van der Waals surface area contributed by atoms with Crippen molar-refractivity contribution in [2.24, 2.45) is 5.92 Å². The summed E-state index contributed by atoms with van der Waals surface area (Å²) in [7, 11) is -3.27. The number of carbonyl (C=O) groups excluding carboxylic acids is 1. The first-order valence-electron chi connectivity index (χ1n) is 7.70. The smallest absolute Gasteiger partial charge is 0.251 e. The van der Waals surface area contributed by atoms with E-state index in [9.17, 15) is 13.2 Å². The number of amides is 1. The summed E-state index contributed by atoms with van der Waals surface area (Å²) in [6.07, 6.45) is 1.55. The van der Waals surface area contributed by atoms with Gasteiger partial charge in [0, 0.05) is 18.7 Å². The van der Waals surface area contributed by atoms with Gasteiger partial charge in [-0.25, -0.2) is 8.42 Å². The van der Waals surface area contributed by atoms with Crippen LogP contribution < -0.4 is 9.62 Å². The second-order valence-electron chi connectivity index (χ2n) is 6.20. The van der Waals surface area contributed by atoms with Gasteiger partial charge in [0.2, 0.25) is 10.0 Å². The van der Waals surface area contributed by atoms with Crippen LogP contribution in [0.3, 0.4) is 0 Å². The number of anilines is 1. The zero-order chi connectivity index (χ0) is 16.3. The van der Waals surface area contributed by atoms with Crippen LogP contribution in [0.25, 0.3) is 0 Å². The third-order valence-electron chi connectivity index (χ3n) is 3.76. The van der Waals surface area contributed by atoms with Crippen LogP contribution in [0.5, 0.6) is 0 Å². The molecule has 1 N–H and O–H groups in total. The first-order chi connectivity index (χ1) is 10.3. The van der Waals surface area contributed by atoms with Crippen molar-refractivity contribution in [3.05, 3.63) is 29.3 Å². The summed E-state index contributed by atoms with van der Waals surface area (Å²) < 4.78 is 26.0. The van der Waals surface area contributed by atoms with Crippen molar-refractivity contribution in [1.29, 1.82) is 0 Å². The van der Waals surface area contributed by atoms with Crippen LogP contribution in [0.2, 0.25) is 0 Å². The third kappa shape index (κ3) is 3.80. The van der Waals surface area contributed by atoms with E-state index in [1.165, 1.54) is 4.31 Å². The molecule has 0 spiro atoms. The van der Waals surface area contributed by atoms with E-state index in [-0.39, 0.29) is 11.7 Å². The van der Waals surface area contributed by atoms with Gasteiger partial charge in [0.25, 0.3) is 5.91 Å². The first-order valence-corrected chi connectivity index (χ1v) is 9.31. The predicted molar refractivity (Wildman–Crippen MR) is 88.7 cm³/mol. The average molecular weight is 324 g/mol. The normalized spacial score (nSPS) is 17.5. The highest BCUT2D eigenvalue weighted by Gasteiger charge is 2.27. The van der Waals surface area contributed by atoms with Crippen molar-refractivity contribution in [3.8, 4) is 0 Å². The van der Waals surface area contributed by atoms with Crippen LogP contribution in [-0.4, -0.2) is 33.2 Å². The third-order valence-corrected chi connectivity index (χ3v) is 5.62. The molecule has 0 bridgehead atoms. The molecule has 1 aromatic rings. The van der Waals surface area contributed by atoms with E-state index in [2.05, 4.69) is 5.32 Å². The molecule has 1 aliphatic heterocycles. The Hall–Kier alpha value is -1.56. The summed E-state index contributed by atoms with van der Waals surface area (Å²) in [5.41, 5.74) is 1.99. The maximum absolute atomic E-state index is 12.3. The molecule has 0 aliphatic carbocycles. The molecular weight excluding hydrogens is 300 g/mol. The Labute approximate surface area is 132 Å². The molecule has 122 valence electrons. The SMILES string of the molecule is Cc1ccc(C(=O)NCC(C)C)cc1N1CCCCS1(=O)=O. The molecule has 0 aromatic heterocycles. The van der Waals surface area contributed by atoms with Gasteiger partial charge in [-0.2, -0.15) is 0 Å². The largest absolute Gasteiger partial charge is 0.352 e. The number of hydrogen-bond donors (Lipinski definition) is 1. The number of aryl methyl sites for hydroxylation is 1. The highest BCUT2D eigenvalue weighted by Crippen LogP contribution is 2.27. The average Bonchev–Trinajstić information content (AvgIpc) is 2.45.